The van der Waals surface area contributed by atoms with Gasteiger partial charge in [0.05, 0.1) is 12.7 Å². The molecule has 1 atom stereocenters. The van der Waals surface area contributed by atoms with Crippen LogP contribution in [-0.4, -0.2) is 19.6 Å². The Morgan fingerprint density at radius 3 is 3.07 bits per heavy atom. The van der Waals surface area contributed by atoms with Crippen LogP contribution in [0, 0.1) is 0 Å². The van der Waals surface area contributed by atoms with E-state index < -0.39 is 0 Å². The Kier molecular flexibility index (Phi) is 2.73. The fraction of sp³-hybridized carbons (Fsp3) is 0.417. The molecular weight excluding hydrogens is 190 g/mol. The molecule has 1 heterocycles. The Balaban J connectivity index is 2.39. The lowest BCUT2D eigenvalue weighted by molar-refractivity contribution is 0.0600. The minimum atomic E-state index is -0.268. The normalized spacial score (nSPS) is 19.5. The van der Waals surface area contributed by atoms with E-state index in [2.05, 4.69) is 12.2 Å². The number of carbonyl (C=O) groups is 1. The average molecular weight is 205 g/mol. The van der Waals surface area contributed by atoms with E-state index in [1.165, 1.54) is 18.2 Å². The van der Waals surface area contributed by atoms with E-state index in [4.69, 9.17) is 4.74 Å². The Hall–Kier alpha value is -1.35. The maximum Gasteiger partial charge on any atom is 0.337 e. The second-order valence-electron chi connectivity index (χ2n) is 3.83. The molecule has 1 aromatic carbocycles. The highest BCUT2D eigenvalue weighted by molar-refractivity contribution is 5.89. The number of ether oxygens (including phenoxy) is 1. The lowest BCUT2D eigenvalue weighted by atomic mass is 9.93. The van der Waals surface area contributed by atoms with Crippen LogP contribution in [0.25, 0.3) is 0 Å². The first-order valence-electron chi connectivity index (χ1n) is 5.17. The molecule has 1 aliphatic heterocycles. The molecule has 0 spiro atoms. The molecule has 0 saturated heterocycles. The minimum Gasteiger partial charge on any atom is -0.465 e. The third-order valence-corrected chi connectivity index (χ3v) is 2.88. The molecular formula is C12H15NO2. The first-order valence-corrected chi connectivity index (χ1v) is 5.17. The zero-order chi connectivity index (χ0) is 10.8. The van der Waals surface area contributed by atoms with Crippen molar-refractivity contribution in [3.05, 3.63) is 34.9 Å². The van der Waals surface area contributed by atoms with E-state index >= 15 is 0 Å². The van der Waals surface area contributed by atoms with Crippen LogP contribution >= 0.6 is 0 Å². The molecule has 0 amide bonds. The van der Waals surface area contributed by atoms with Gasteiger partial charge in [-0.1, -0.05) is 6.07 Å². The average Bonchev–Trinajstić information content (AvgIpc) is 2.28. The number of hydrogen-bond donors (Lipinski definition) is 1. The molecule has 0 fully saturated rings. The van der Waals surface area contributed by atoms with Gasteiger partial charge in [-0.2, -0.15) is 0 Å². The summed E-state index contributed by atoms with van der Waals surface area (Å²) in [6.07, 6.45) is 1.03. The predicted molar refractivity (Wildman–Crippen MR) is 57.9 cm³/mol. The highest BCUT2D eigenvalue weighted by Gasteiger charge is 2.17. The Morgan fingerprint density at radius 2 is 2.33 bits per heavy atom. The predicted octanol–water partition coefficient (Wildman–Crippen LogP) is 1.68. The number of esters is 1. The number of carbonyl (C=O) groups excluding carboxylic acids is 1. The van der Waals surface area contributed by atoms with Gasteiger partial charge < -0.3 is 10.1 Å². The molecule has 3 nitrogen and oxygen atoms in total. The maximum atomic E-state index is 11.4. The van der Waals surface area contributed by atoms with E-state index in [9.17, 15) is 4.79 Å². The first kappa shape index (κ1) is 10.2. The topological polar surface area (TPSA) is 38.3 Å². The van der Waals surface area contributed by atoms with E-state index in [0.29, 0.717) is 11.6 Å². The summed E-state index contributed by atoms with van der Waals surface area (Å²) in [5, 5.41) is 3.37. The van der Waals surface area contributed by atoms with Crippen LogP contribution < -0.4 is 5.32 Å². The van der Waals surface area contributed by atoms with Crippen molar-refractivity contribution in [3.63, 3.8) is 0 Å². The molecule has 0 aromatic heterocycles. The van der Waals surface area contributed by atoms with Crippen LogP contribution in [0.5, 0.6) is 0 Å². The summed E-state index contributed by atoms with van der Waals surface area (Å²) < 4.78 is 4.70. The summed E-state index contributed by atoms with van der Waals surface area (Å²) in [7, 11) is 1.41. The van der Waals surface area contributed by atoms with Gasteiger partial charge >= 0.3 is 5.97 Å². The lowest BCUT2D eigenvalue weighted by Gasteiger charge is -2.24. The van der Waals surface area contributed by atoms with Crippen molar-refractivity contribution in [2.75, 3.05) is 13.7 Å². The summed E-state index contributed by atoms with van der Waals surface area (Å²) >= 11 is 0. The van der Waals surface area contributed by atoms with Crippen molar-refractivity contribution in [2.45, 2.75) is 19.4 Å². The second kappa shape index (κ2) is 4.03. The van der Waals surface area contributed by atoms with Gasteiger partial charge in [0.15, 0.2) is 0 Å². The molecule has 1 unspecified atom stereocenters. The van der Waals surface area contributed by atoms with E-state index in [1.54, 1.807) is 0 Å². The van der Waals surface area contributed by atoms with Crippen LogP contribution in [0.4, 0.5) is 0 Å². The molecule has 3 heteroatoms. The van der Waals surface area contributed by atoms with Crippen molar-refractivity contribution >= 4 is 5.97 Å². The standard InChI is InChI=1S/C12H15NO2/c1-8-11-7-10(12(14)15-2)4-3-9(11)5-6-13-8/h3-4,7-8,13H,5-6H2,1-2H3. The highest BCUT2D eigenvalue weighted by atomic mass is 16.5. The van der Waals surface area contributed by atoms with Gasteiger partial charge in [-0.15, -0.1) is 0 Å². The van der Waals surface area contributed by atoms with Crippen LogP contribution in [0.1, 0.15) is 34.5 Å². The van der Waals surface area contributed by atoms with Gasteiger partial charge in [0, 0.05) is 6.04 Å². The van der Waals surface area contributed by atoms with Crippen LogP contribution in [0.15, 0.2) is 18.2 Å². The molecule has 0 bridgehead atoms. The number of nitrogens with one attached hydrogen (secondary N) is 1. The zero-order valence-electron chi connectivity index (χ0n) is 9.04. The van der Waals surface area contributed by atoms with Crippen molar-refractivity contribution in [1.29, 1.82) is 0 Å². The Morgan fingerprint density at radius 1 is 1.53 bits per heavy atom. The fourth-order valence-corrected chi connectivity index (χ4v) is 2.00. The molecule has 1 N–H and O–H groups in total. The van der Waals surface area contributed by atoms with Gasteiger partial charge in [-0.25, -0.2) is 4.79 Å². The summed E-state index contributed by atoms with van der Waals surface area (Å²) in [6, 6.07) is 6.11. The van der Waals surface area contributed by atoms with Gasteiger partial charge in [0.1, 0.15) is 0 Å². The molecule has 1 aliphatic rings. The largest absolute Gasteiger partial charge is 0.465 e. The minimum absolute atomic E-state index is 0.268. The van der Waals surface area contributed by atoms with Crippen LogP contribution in [-0.2, 0) is 11.2 Å². The van der Waals surface area contributed by atoms with Crippen molar-refractivity contribution in [3.8, 4) is 0 Å². The molecule has 15 heavy (non-hydrogen) atoms. The van der Waals surface area contributed by atoms with Gasteiger partial charge in [0.25, 0.3) is 0 Å². The fourth-order valence-electron chi connectivity index (χ4n) is 2.00. The first-order chi connectivity index (χ1) is 7.22. The molecule has 80 valence electrons. The van der Waals surface area contributed by atoms with Gasteiger partial charge in [-0.3, -0.25) is 0 Å². The Bertz CT molecular complexity index is 387. The summed E-state index contributed by atoms with van der Waals surface area (Å²) in [6.45, 7) is 3.12. The third-order valence-electron chi connectivity index (χ3n) is 2.88. The third kappa shape index (κ3) is 1.88. The number of hydrogen-bond acceptors (Lipinski definition) is 3. The second-order valence-corrected chi connectivity index (χ2v) is 3.83. The number of benzene rings is 1. The summed E-state index contributed by atoms with van der Waals surface area (Å²) in [5.41, 5.74) is 3.17. The van der Waals surface area contributed by atoms with E-state index in [1.807, 2.05) is 18.2 Å². The quantitative estimate of drug-likeness (QED) is 0.709. The number of rotatable bonds is 1. The maximum absolute atomic E-state index is 11.4. The van der Waals surface area contributed by atoms with E-state index in [0.717, 1.165) is 13.0 Å². The van der Waals surface area contributed by atoms with Crippen LogP contribution in [0.2, 0.25) is 0 Å². The summed E-state index contributed by atoms with van der Waals surface area (Å²) in [4.78, 5) is 11.4. The lowest BCUT2D eigenvalue weighted by Crippen LogP contribution is -2.28. The highest BCUT2D eigenvalue weighted by Crippen LogP contribution is 2.23. The van der Waals surface area contributed by atoms with Gasteiger partial charge in [-0.05, 0) is 43.1 Å². The van der Waals surface area contributed by atoms with E-state index in [-0.39, 0.29) is 5.97 Å². The SMILES string of the molecule is COC(=O)c1ccc2c(c1)C(C)NCC2. The van der Waals surface area contributed by atoms with Crippen molar-refractivity contribution in [1.82, 2.24) is 5.32 Å². The monoisotopic (exact) mass is 205 g/mol. The van der Waals surface area contributed by atoms with Gasteiger partial charge in [0.2, 0.25) is 0 Å². The molecule has 0 radical (unpaired) electrons. The van der Waals surface area contributed by atoms with Crippen molar-refractivity contribution < 1.29 is 9.53 Å². The zero-order valence-corrected chi connectivity index (χ0v) is 9.04. The van der Waals surface area contributed by atoms with Crippen LogP contribution in [0.3, 0.4) is 0 Å². The molecule has 0 aliphatic carbocycles. The summed E-state index contributed by atoms with van der Waals surface area (Å²) in [5.74, 6) is -0.268. The Labute approximate surface area is 89.4 Å². The molecule has 0 saturated carbocycles. The number of fused-ring (bicyclic) bond motifs is 1. The smallest absolute Gasteiger partial charge is 0.337 e. The molecule has 1 aromatic rings. The van der Waals surface area contributed by atoms with Crippen molar-refractivity contribution in [2.24, 2.45) is 0 Å². The number of methoxy groups -OCH3 is 1. The molecule has 2 rings (SSSR count).